The van der Waals surface area contributed by atoms with Crippen molar-refractivity contribution < 1.29 is 64.9 Å². The first kappa shape index (κ1) is 19.1. The third kappa shape index (κ3) is 7.57. The molecule has 1 heterocycles. The fourth-order valence-corrected chi connectivity index (χ4v) is 0.548. The van der Waals surface area contributed by atoms with Crippen LogP contribution in [0.2, 0.25) is 0 Å². The van der Waals surface area contributed by atoms with Crippen molar-refractivity contribution in [1.29, 1.82) is 0 Å². The fourth-order valence-electron chi connectivity index (χ4n) is 0.548. The second kappa shape index (κ2) is 9.08. The van der Waals surface area contributed by atoms with E-state index in [9.17, 15) is 8.78 Å². The number of hydrogen-bond donors (Lipinski definition) is 0. The number of hydrogen-bond acceptors (Lipinski definition) is 2. The molecule has 6 heteroatoms. The van der Waals surface area contributed by atoms with Crippen molar-refractivity contribution in [2.45, 2.75) is 6.61 Å². The summed E-state index contributed by atoms with van der Waals surface area (Å²) >= 11 is 0. The van der Waals surface area contributed by atoms with E-state index in [2.05, 4.69) is 9.84 Å². The topological polar surface area (TPSA) is 27.1 Å². The summed E-state index contributed by atoms with van der Waals surface area (Å²) in [6.07, 6.45) is 1.53. The standard InChI is InChI=1S/C5H6F2N2O.2CH3.K/c1-9-3-2-4(8-9)10-5(6)7;;;/h2-3,5H,1H3;2*1H3;/q;2*-1;+1. The van der Waals surface area contributed by atoms with Crippen LogP contribution in [0.25, 0.3) is 0 Å². The normalized spacial score (nSPS) is 8.00. The van der Waals surface area contributed by atoms with Crippen molar-refractivity contribution in [3.05, 3.63) is 27.1 Å². The van der Waals surface area contributed by atoms with E-state index in [1.54, 1.807) is 7.05 Å². The van der Waals surface area contributed by atoms with Crippen LogP contribution in [0, 0.1) is 14.9 Å². The van der Waals surface area contributed by atoms with Crippen LogP contribution >= 0.6 is 0 Å². The average Bonchev–Trinajstić information content (AvgIpc) is 2.13. The van der Waals surface area contributed by atoms with Gasteiger partial charge in [-0.2, -0.15) is 8.78 Å². The van der Waals surface area contributed by atoms with Crippen molar-refractivity contribution in [1.82, 2.24) is 9.78 Å². The molecule has 0 fully saturated rings. The molecule has 0 spiro atoms. The molecule has 0 unspecified atom stereocenters. The molecule has 0 aliphatic heterocycles. The fraction of sp³-hybridized carbons (Fsp3) is 0.286. The van der Waals surface area contributed by atoms with Gasteiger partial charge in [-0.05, 0) is 0 Å². The van der Waals surface area contributed by atoms with Crippen LogP contribution in [0.15, 0.2) is 12.3 Å². The number of aromatic nitrogens is 2. The summed E-state index contributed by atoms with van der Waals surface area (Å²) in [5, 5.41) is 3.57. The summed E-state index contributed by atoms with van der Waals surface area (Å²) in [4.78, 5) is 0. The number of halogens is 2. The molecule has 0 saturated heterocycles. The number of ether oxygens (including phenoxy) is 1. The van der Waals surface area contributed by atoms with Gasteiger partial charge in [-0.25, -0.2) is 0 Å². The molecule has 1 aromatic rings. The van der Waals surface area contributed by atoms with Crippen LogP contribution in [-0.2, 0) is 7.05 Å². The zero-order valence-corrected chi connectivity index (χ0v) is 11.4. The van der Waals surface area contributed by atoms with Gasteiger partial charge in [0.1, 0.15) is 0 Å². The number of alkyl halides is 2. The summed E-state index contributed by atoms with van der Waals surface area (Å²) < 4.78 is 28.3. The molecule has 0 bridgehead atoms. The molecule has 0 radical (unpaired) electrons. The molecule has 0 N–H and O–H groups in total. The van der Waals surface area contributed by atoms with Crippen LogP contribution in [0.4, 0.5) is 8.78 Å². The maximum atomic E-state index is 11.5. The van der Waals surface area contributed by atoms with Gasteiger partial charge < -0.3 is 19.6 Å². The van der Waals surface area contributed by atoms with Crippen LogP contribution in [0.3, 0.4) is 0 Å². The van der Waals surface area contributed by atoms with E-state index in [1.807, 2.05) is 0 Å². The van der Waals surface area contributed by atoms with Gasteiger partial charge in [0.05, 0.1) is 0 Å². The van der Waals surface area contributed by atoms with E-state index in [-0.39, 0.29) is 72.1 Å². The maximum Gasteiger partial charge on any atom is 1.00 e. The van der Waals surface area contributed by atoms with Gasteiger partial charge in [0.15, 0.2) is 0 Å². The van der Waals surface area contributed by atoms with E-state index < -0.39 is 6.61 Å². The molecule has 72 valence electrons. The van der Waals surface area contributed by atoms with Gasteiger partial charge in [0.25, 0.3) is 0 Å². The Balaban J connectivity index is -0.000000333. The molecular weight excluding hydrogens is 205 g/mol. The second-order valence-electron chi connectivity index (χ2n) is 1.71. The predicted octanol–water partition coefficient (Wildman–Crippen LogP) is -1.07. The van der Waals surface area contributed by atoms with E-state index in [1.165, 1.54) is 16.9 Å². The van der Waals surface area contributed by atoms with Crippen LogP contribution in [0.5, 0.6) is 5.88 Å². The largest absolute Gasteiger partial charge is 1.00 e. The van der Waals surface area contributed by atoms with Crippen molar-refractivity contribution in [2.24, 2.45) is 7.05 Å². The molecular formula is C7H12F2KN2O-. The van der Waals surface area contributed by atoms with Crippen molar-refractivity contribution in [3.8, 4) is 5.88 Å². The van der Waals surface area contributed by atoms with E-state index >= 15 is 0 Å². The molecule has 1 rings (SSSR count). The minimum Gasteiger partial charge on any atom is -0.415 e. The number of aryl methyl sites for hydroxylation is 1. The quantitative estimate of drug-likeness (QED) is 0.466. The van der Waals surface area contributed by atoms with Gasteiger partial charge in [-0.15, -0.1) is 5.10 Å². The summed E-state index contributed by atoms with van der Waals surface area (Å²) in [7, 11) is 1.62. The molecule has 0 aromatic carbocycles. The zero-order valence-electron chi connectivity index (χ0n) is 8.29. The Morgan fingerprint density at radius 2 is 2.00 bits per heavy atom. The van der Waals surface area contributed by atoms with E-state index in [0.717, 1.165) is 0 Å². The maximum absolute atomic E-state index is 11.5. The third-order valence-electron chi connectivity index (χ3n) is 0.899. The summed E-state index contributed by atoms with van der Waals surface area (Å²) in [6, 6.07) is 1.37. The first-order valence-corrected chi connectivity index (χ1v) is 2.63. The van der Waals surface area contributed by atoms with Gasteiger partial charge in [-0.1, -0.05) is 0 Å². The summed E-state index contributed by atoms with van der Waals surface area (Å²) in [5.74, 6) is -0.0579. The minimum atomic E-state index is -2.80. The Hall–Kier alpha value is 0.506. The Kier molecular flexibility index (Phi) is 13.4. The van der Waals surface area contributed by atoms with Gasteiger partial charge >= 0.3 is 58.0 Å². The molecule has 1 aromatic heterocycles. The van der Waals surface area contributed by atoms with E-state index in [0.29, 0.717) is 0 Å². The van der Waals surface area contributed by atoms with Gasteiger partial charge in [-0.3, -0.25) is 4.68 Å². The molecule has 13 heavy (non-hydrogen) atoms. The minimum absolute atomic E-state index is 0. The SMILES string of the molecule is Cn1ccc(OC(F)F)n1.[CH3-].[CH3-].[K+]. The molecule has 3 nitrogen and oxygen atoms in total. The monoisotopic (exact) mass is 217 g/mol. The van der Waals surface area contributed by atoms with Crippen LogP contribution < -0.4 is 56.1 Å². The second-order valence-corrected chi connectivity index (χ2v) is 1.71. The van der Waals surface area contributed by atoms with Crippen molar-refractivity contribution >= 4 is 0 Å². The zero-order chi connectivity index (χ0) is 7.56. The molecule has 0 aliphatic rings. The van der Waals surface area contributed by atoms with Crippen LogP contribution in [-0.4, -0.2) is 16.4 Å². The average molecular weight is 217 g/mol. The van der Waals surface area contributed by atoms with Crippen LogP contribution in [0.1, 0.15) is 0 Å². The van der Waals surface area contributed by atoms with Crippen molar-refractivity contribution in [2.75, 3.05) is 0 Å². The van der Waals surface area contributed by atoms with E-state index in [4.69, 9.17) is 0 Å². The first-order valence-electron chi connectivity index (χ1n) is 2.63. The first-order chi connectivity index (χ1) is 4.68. The molecule has 0 amide bonds. The summed E-state index contributed by atoms with van der Waals surface area (Å²) in [5.41, 5.74) is 0. The number of rotatable bonds is 2. The van der Waals surface area contributed by atoms with Gasteiger partial charge in [0, 0.05) is 19.3 Å². The number of nitrogens with zero attached hydrogens (tertiary/aromatic N) is 2. The molecule has 0 atom stereocenters. The Morgan fingerprint density at radius 3 is 2.31 bits per heavy atom. The predicted molar refractivity (Wildman–Crippen MR) is 42.7 cm³/mol. The summed E-state index contributed by atoms with van der Waals surface area (Å²) in [6.45, 7) is -2.80. The Bertz CT molecular complexity index is 218. The van der Waals surface area contributed by atoms with Gasteiger partial charge in [0.2, 0.25) is 5.88 Å². The molecule has 0 saturated carbocycles. The molecule has 0 aliphatic carbocycles. The van der Waals surface area contributed by atoms with Crippen molar-refractivity contribution in [3.63, 3.8) is 0 Å². The third-order valence-corrected chi connectivity index (χ3v) is 0.899. The Morgan fingerprint density at radius 1 is 1.46 bits per heavy atom. The smallest absolute Gasteiger partial charge is 0.415 e. The Labute approximate surface area is 120 Å².